The molecule has 7 rings (SSSR count). The molecule has 0 aromatic heterocycles. The maximum absolute atomic E-state index is 13.2. The van der Waals surface area contributed by atoms with E-state index in [9.17, 15) is 19.5 Å². The Kier molecular flexibility index (Phi) is 11.1. The number of esters is 2. The molecule has 0 saturated heterocycles. The Morgan fingerprint density at radius 3 is 1.79 bits per heavy atom. The Labute approximate surface area is 304 Å². The number of rotatable bonds is 9. The molecule has 4 aromatic rings. The van der Waals surface area contributed by atoms with Gasteiger partial charge < -0.3 is 24.1 Å². The Morgan fingerprint density at radius 2 is 1.21 bits per heavy atom. The van der Waals surface area contributed by atoms with Crippen LogP contribution in [0.4, 0.5) is 0 Å². The van der Waals surface area contributed by atoms with Crippen LogP contribution in [0, 0.1) is 5.92 Å². The van der Waals surface area contributed by atoms with E-state index in [-0.39, 0.29) is 30.5 Å². The van der Waals surface area contributed by atoms with Gasteiger partial charge in [0, 0.05) is 22.3 Å². The predicted octanol–water partition coefficient (Wildman–Crippen LogP) is 8.10. The van der Waals surface area contributed by atoms with Gasteiger partial charge in [-0.05, 0) is 85.2 Å². The van der Waals surface area contributed by atoms with Gasteiger partial charge in [0.05, 0.1) is 33.0 Å². The first-order valence-corrected chi connectivity index (χ1v) is 17.9. The van der Waals surface area contributed by atoms with Crippen molar-refractivity contribution in [2.75, 3.05) is 27.4 Å². The fraction of sp³-hybridized carbons (Fsp3) is 0.295. The summed E-state index contributed by atoms with van der Waals surface area (Å²) in [6, 6.07) is 30.2. The van der Waals surface area contributed by atoms with Crippen LogP contribution in [0.3, 0.4) is 0 Å². The molecule has 1 atom stereocenters. The van der Waals surface area contributed by atoms with Crippen molar-refractivity contribution in [1.29, 1.82) is 0 Å². The Bertz CT molecular complexity index is 2020. The van der Waals surface area contributed by atoms with Gasteiger partial charge >= 0.3 is 11.9 Å². The molecule has 1 fully saturated rings. The number of methoxy groups -OCH3 is 2. The summed E-state index contributed by atoms with van der Waals surface area (Å²) in [5, 5.41) is 12.3. The molecule has 3 aliphatic carbocycles. The van der Waals surface area contributed by atoms with Crippen LogP contribution in [0.2, 0.25) is 0 Å². The van der Waals surface area contributed by atoms with Gasteiger partial charge in [-0.25, -0.2) is 9.59 Å². The highest BCUT2D eigenvalue weighted by Gasteiger charge is 2.53. The van der Waals surface area contributed by atoms with E-state index in [0.29, 0.717) is 28.2 Å². The maximum atomic E-state index is 13.2. The number of aliphatic hydroxyl groups is 1. The van der Waals surface area contributed by atoms with Crippen molar-refractivity contribution in [3.05, 3.63) is 142 Å². The number of ether oxygens (including phenoxy) is 4. The van der Waals surface area contributed by atoms with Crippen LogP contribution in [0.5, 0.6) is 11.5 Å². The average Bonchev–Trinajstić information content (AvgIpc) is 3.64. The van der Waals surface area contributed by atoms with Crippen molar-refractivity contribution in [1.82, 2.24) is 0 Å². The van der Waals surface area contributed by atoms with Gasteiger partial charge in [0.25, 0.3) is 0 Å². The molecule has 1 unspecified atom stereocenters. The van der Waals surface area contributed by atoms with Gasteiger partial charge in [0.1, 0.15) is 22.7 Å². The summed E-state index contributed by atoms with van der Waals surface area (Å²) in [6.07, 6.45) is 5.06. The standard InChI is InChI=1S/C25H28O4.C19H16O4/c1-3-29-24(26)23-22(17-10-6-4-7-11-17)20-15-14-19(28-2)16-21(20)25(23,27)18-12-8-5-9-13-18;1-3-23-19(21)17-16(12-7-5-4-6-8-12)14-10-9-13(22-2)11-15(14)18(17)20/h4,6-7,10-11,14-16,18,27H,3,5,8-9,12-13H2,1-2H3;4-11H,3H2,1-2H3. The van der Waals surface area contributed by atoms with Crippen LogP contribution >= 0.6 is 0 Å². The summed E-state index contributed by atoms with van der Waals surface area (Å²) >= 11 is 0. The molecule has 0 spiro atoms. The summed E-state index contributed by atoms with van der Waals surface area (Å²) in [7, 11) is 3.16. The number of carbonyl (C=O) groups excluding carboxylic acids is 3. The summed E-state index contributed by atoms with van der Waals surface area (Å²) in [5.74, 6) is -0.120. The molecule has 0 heterocycles. The zero-order valence-corrected chi connectivity index (χ0v) is 30.1. The lowest BCUT2D eigenvalue weighted by Gasteiger charge is -2.38. The second-order valence-corrected chi connectivity index (χ2v) is 12.9. The number of hydrogen-bond donors (Lipinski definition) is 1. The van der Waals surface area contributed by atoms with Crippen molar-refractivity contribution in [2.24, 2.45) is 5.92 Å². The first-order chi connectivity index (χ1) is 25.3. The van der Waals surface area contributed by atoms with Crippen LogP contribution < -0.4 is 9.47 Å². The van der Waals surface area contributed by atoms with E-state index in [0.717, 1.165) is 59.1 Å². The minimum absolute atomic E-state index is 0.0253. The quantitative estimate of drug-likeness (QED) is 0.138. The van der Waals surface area contributed by atoms with E-state index in [4.69, 9.17) is 18.9 Å². The fourth-order valence-electron chi connectivity index (χ4n) is 7.70. The molecule has 268 valence electrons. The van der Waals surface area contributed by atoms with Crippen LogP contribution in [-0.2, 0) is 24.7 Å². The average molecular weight is 701 g/mol. The summed E-state index contributed by atoms with van der Waals surface area (Å²) in [6.45, 7) is 4.00. The third kappa shape index (κ3) is 6.66. The molecule has 3 aliphatic rings. The Hall–Kier alpha value is -5.47. The van der Waals surface area contributed by atoms with E-state index in [2.05, 4.69) is 0 Å². The highest BCUT2D eigenvalue weighted by Crippen LogP contribution is 2.55. The van der Waals surface area contributed by atoms with Crippen molar-refractivity contribution in [3.63, 3.8) is 0 Å². The summed E-state index contributed by atoms with van der Waals surface area (Å²) < 4.78 is 21.2. The van der Waals surface area contributed by atoms with E-state index < -0.39 is 17.5 Å². The molecule has 8 heteroatoms. The second-order valence-electron chi connectivity index (χ2n) is 12.9. The molecule has 1 saturated carbocycles. The smallest absolute Gasteiger partial charge is 0.342 e. The largest absolute Gasteiger partial charge is 0.497 e. The highest BCUT2D eigenvalue weighted by atomic mass is 16.5. The Balaban J connectivity index is 0.000000183. The van der Waals surface area contributed by atoms with Crippen molar-refractivity contribution < 1.29 is 38.4 Å². The van der Waals surface area contributed by atoms with Crippen LogP contribution in [0.15, 0.2) is 108 Å². The van der Waals surface area contributed by atoms with Gasteiger partial charge in [-0.1, -0.05) is 86.0 Å². The van der Waals surface area contributed by atoms with E-state index in [1.165, 1.54) is 6.42 Å². The highest BCUT2D eigenvalue weighted by molar-refractivity contribution is 6.35. The SMILES string of the molecule is CCOC(=O)C1=C(c2ccccc2)c2ccc(OC)cc2C1(O)C1CCCCC1.CCOC(=O)C1=C(c2ccccc2)c2ccc(OC)cc2C1=O. The molecule has 0 bridgehead atoms. The lowest BCUT2D eigenvalue weighted by molar-refractivity contribution is -0.142. The number of Topliss-reactive ketones (excluding diaryl/α,β-unsaturated/α-hetero) is 1. The monoisotopic (exact) mass is 700 g/mol. The predicted molar refractivity (Wildman–Crippen MR) is 199 cm³/mol. The molecule has 8 nitrogen and oxygen atoms in total. The summed E-state index contributed by atoms with van der Waals surface area (Å²) in [4.78, 5) is 38.3. The molecular weight excluding hydrogens is 656 g/mol. The van der Waals surface area contributed by atoms with E-state index in [1.807, 2.05) is 78.9 Å². The lowest BCUT2D eigenvalue weighted by atomic mass is 9.71. The van der Waals surface area contributed by atoms with E-state index in [1.54, 1.807) is 46.3 Å². The number of fused-ring (bicyclic) bond motifs is 2. The molecular formula is C44H44O8. The molecule has 0 amide bonds. The zero-order valence-electron chi connectivity index (χ0n) is 30.1. The minimum Gasteiger partial charge on any atom is -0.497 e. The topological polar surface area (TPSA) is 108 Å². The van der Waals surface area contributed by atoms with Gasteiger partial charge in [-0.3, -0.25) is 4.79 Å². The van der Waals surface area contributed by atoms with Crippen LogP contribution in [0.25, 0.3) is 11.1 Å². The first kappa shape index (κ1) is 36.3. The normalized spacial score (nSPS) is 17.9. The fourth-order valence-corrected chi connectivity index (χ4v) is 7.70. The van der Waals surface area contributed by atoms with Crippen molar-refractivity contribution in [2.45, 2.75) is 51.6 Å². The van der Waals surface area contributed by atoms with Crippen molar-refractivity contribution in [3.8, 4) is 11.5 Å². The van der Waals surface area contributed by atoms with Gasteiger partial charge in [0.15, 0.2) is 0 Å². The van der Waals surface area contributed by atoms with Gasteiger partial charge in [-0.2, -0.15) is 0 Å². The van der Waals surface area contributed by atoms with Gasteiger partial charge in [-0.15, -0.1) is 0 Å². The van der Waals surface area contributed by atoms with E-state index >= 15 is 0 Å². The molecule has 52 heavy (non-hydrogen) atoms. The molecule has 4 aromatic carbocycles. The van der Waals surface area contributed by atoms with Crippen LogP contribution in [-0.4, -0.2) is 50.3 Å². The third-order valence-electron chi connectivity index (χ3n) is 10.0. The minimum atomic E-state index is -1.37. The number of ketones is 1. The van der Waals surface area contributed by atoms with Gasteiger partial charge in [0.2, 0.25) is 5.78 Å². The zero-order chi connectivity index (χ0) is 36.8. The Morgan fingerprint density at radius 1 is 0.673 bits per heavy atom. The molecule has 0 aliphatic heterocycles. The molecule has 1 N–H and O–H groups in total. The first-order valence-electron chi connectivity index (χ1n) is 17.9. The maximum Gasteiger partial charge on any atom is 0.342 e. The number of benzene rings is 4. The van der Waals surface area contributed by atoms with Crippen molar-refractivity contribution >= 4 is 28.9 Å². The number of hydrogen-bond acceptors (Lipinski definition) is 8. The molecule has 0 radical (unpaired) electrons. The van der Waals surface area contributed by atoms with Crippen LogP contribution in [0.1, 0.15) is 84.1 Å². The third-order valence-corrected chi connectivity index (χ3v) is 10.0. The second kappa shape index (κ2) is 15.8. The number of carbonyl (C=O) groups is 3. The lowest BCUT2D eigenvalue weighted by Crippen LogP contribution is -2.40. The summed E-state index contributed by atoms with van der Waals surface area (Å²) in [5.41, 5.74) is 5.03.